The summed E-state index contributed by atoms with van der Waals surface area (Å²) in [6, 6.07) is 8.55. The van der Waals surface area contributed by atoms with Crippen LogP contribution >= 0.6 is 11.6 Å². The molecule has 30 heavy (non-hydrogen) atoms. The molecule has 0 aliphatic carbocycles. The van der Waals surface area contributed by atoms with Crippen LogP contribution in [0.3, 0.4) is 0 Å². The lowest BCUT2D eigenvalue weighted by Crippen LogP contribution is -2.51. The van der Waals surface area contributed by atoms with E-state index in [1.807, 2.05) is 0 Å². The molecular formula is C18H17ClFN3O6S. The standard InChI is InChI=1S/C18H17ClFN3O6S/c19-16-11-14(4-5-17(16)20)29-12-18(24)21-6-8-22(9-7-21)30(27,28)15-3-1-2-13(10-15)23(25)26/h1-5,10-11H,6-9,12H2. The average molecular weight is 458 g/mol. The predicted molar refractivity (Wildman–Crippen MR) is 105 cm³/mol. The molecule has 2 aromatic rings. The molecule has 1 fully saturated rings. The number of amides is 1. The van der Waals surface area contributed by atoms with E-state index in [-0.39, 0.29) is 60.0 Å². The van der Waals surface area contributed by atoms with E-state index in [1.54, 1.807) is 0 Å². The molecule has 9 nitrogen and oxygen atoms in total. The van der Waals surface area contributed by atoms with E-state index in [9.17, 15) is 27.7 Å². The van der Waals surface area contributed by atoms with Crippen molar-refractivity contribution in [2.24, 2.45) is 0 Å². The van der Waals surface area contributed by atoms with Crippen LogP contribution in [-0.4, -0.2) is 61.2 Å². The first-order valence-electron chi connectivity index (χ1n) is 8.79. The summed E-state index contributed by atoms with van der Waals surface area (Å²) in [7, 11) is -3.92. The van der Waals surface area contributed by atoms with Gasteiger partial charge in [0.2, 0.25) is 10.0 Å². The summed E-state index contributed by atoms with van der Waals surface area (Å²) >= 11 is 5.66. The number of nitro benzene ring substituents is 1. The van der Waals surface area contributed by atoms with E-state index in [0.717, 1.165) is 12.1 Å². The third-order valence-corrected chi connectivity index (χ3v) is 6.70. The summed E-state index contributed by atoms with van der Waals surface area (Å²) < 4.78 is 45.1. The number of halogens is 2. The molecule has 0 unspecified atom stereocenters. The smallest absolute Gasteiger partial charge is 0.270 e. The Balaban J connectivity index is 1.58. The fourth-order valence-corrected chi connectivity index (χ4v) is 4.52. The zero-order chi connectivity index (χ0) is 21.9. The Bertz CT molecular complexity index is 1070. The van der Waals surface area contributed by atoms with Gasteiger partial charge in [-0.2, -0.15) is 4.31 Å². The first-order chi connectivity index (χ1) is 14.2. The Morgan fingerprint density at radius 1 is 1.17 bits per heavy atom. The predicted octanol–water partition coefficient (Wildman–Crippen LogP) is 2.30. The molecule has 0 atom stereocenters. The number of piperazine rings is 1. The summed E-state index contributed by atoms with van der Waals surface area (Å²) in [5.41, 5.74) is -0.317. The zero-order valence-electron chi connectivity index (χ0n) is 15.5. The van der Waals surface area contributed by atoms with Gasteiger partial charge in [-0.15, -0.1) is 0 Å². The van der Waals surface area contributed by atoms with E-state index >= 15 is 0 Å². The van der Waals surface area contributed by atoms with Crippen LogP contribution in [0.5, 0.6) is 5.75 Å². The van der Waals surface area contributed by atoms with E-state index < -0.39 is 20.8 Å². The number of nitro groups is 1. The van der Waals surface area contributed by atoms with Gasteiger partial charge in [0.05, 0.1) is 14.8 Å². The number of sulfonamides is 1. The van der Waals surface area contributed by atoms with Gasteiger partial charge in [0.1, 0.15) is 11.6 Å². The van der Waals surface area contributed by atoms with Crippen LogP contribution in [0.1, 0.15) is 0 Å². The highest BCUT2D eigenvalue weighted by atomic mass is 35.5. The fourth-order valence-electron chi connectivity index (χ4n) is 2.89. The van der Waals surface area contributed by atoms with Gasteiger partial charge in [0, 0.05) is 44.4 Å². The van der Waals surface area contributed by atoms with Crippen LogP contribution in [0, 0.1) is 15.9 Å². The summed E-state index contributed by atoms with van der Waals surface area (Å²) in [4.78, 5) is 23.8. The lowest BCUT2D eigenvalue weighted by molar-refractivity contribution is -0.385. The molecule has 1 amide bonds. The van der Waals surface area contributed by atoms with Gasteiger partial charge in [0.25, 0.3) is 11.6 Å². The lowest BCUT2D eigenvalue weighted by atomic mass is 10.3. The molecular weight excluding hydrogens is 441 g/mol. The van der Waals surface area contributed by atoms with Gasteiger partial charge in [-0.1, -0.05) is 17.7 Å². The third kappa shape index (κ3) is 4.86. The monoisotopic (exact) mass is 457 g/mol. The number of carbonyl (C=O) groups is 1. The number of non-ortho nitro benzene ring substituents is 1. The summed E-state index contributed by atoms with van der Waals surface area (Å²) in [5.74, 6) is -0.721. The molecule has 1 aliphatic rings. The number of benzene rings is 2. The first kappa shape index (κ1) is 21.9. The van der Waals surface area contributed by atoms with E-state index in [1.165, 1.54) is 39.5 Å². The minimum Gasteiger partial charge on any atom is -0.484 e. The van der Waals surface area contributed by atoms with Crippen molar-refractivity contribution in [3.63, 3.8) is 0 Å². The van der Waals surface area contributed by atoms with Crippen LogP contribution in [-0.2, 0) is 14.8 Å². The minimum absolute atomic E-state index is 0.0408. The Kier molecular flexibility index (Phi) is 6.54. The van der Waals surface area contributed by atoms with Crippen LogP contribution in [0.15, 0.2) is 47.4 Å². The Labute approximate surface area is 176 Å². The molecule has 1 aliphatic heterocycles. The van der Waals surface area contributed by atoms with Crippen LogP contribution in [0.2, 0.25) is 5.02 Å². The number of rotatable bonds is 6. The van der Waals surface area contributed by atoms with Gasteiger partial charge in [-0.25, -0.2) is 12.8 Å². The second kappa shape index (κ2) is 8.94. The first-order valence-corrected chi connectivity index (χ1v) is 10.6. The molecule has 0 radical (unpaired) electrons. The molecule has 0 bridgehead atoms. The molecule has 0 spiro atoms. The van der Waals surface area contributed by atoms with E-state index in [4.69, 9.17) is 16.3 Å². The number of hydrogen-bond donors (Lipinski definition) is 0. The number of hydrogen-bond acceptors (Lipinski definition) is 6. The van der Waals surface area contributed by atoms with Crippen molar-refractivity contribution in [2.45, 2.75) is 4.90 Å². The fraction of sp³-hybridized carbons (Fsp3) is 0.278. The molecule has 1 saturated heterocycles. The van der Waals surface area contributed by atoms with Crippen LogP contribution < -0.4 is 4.74 Å². The molecule has 0 saturated carbocycles. The van der Waals surface area contributed by atoms with Gasteiger partial charge in [-0.3, -0.25) is 14.9 Å². The third-order valence-electron chi connectivity index (χ3n) is 4.51. The lowest BCUT2D eigenvalue weighted by Gasteiger charge is -2.33. The maximum absolute atomic E-state index is 13.2. The average Bonchev–Trinajstić information content (AvgIpc) is 2.74. The normalized spacial score (nSPS) is 15.1. The SMILES string of the molecule is O=C(COc1ccc(F)c(Cl)c1)N1CCN(S(=O)(=O)c2cccc([N+](=O)[O-])c2)CC1. The van der Waals surface area contributed by atoms with Gasteiger partial charge in [-0.05, 0) is 18.2 Å². The van der Waals surface area contributed by atoms with E-state index in [2.05, 4.69) is 0 Å². The molecule has 160 valence electrons. The van der Waals surface area contributed by atoms with Gasteiger partial charge in [0.15, 0.2) is 6.61 Å². The largest absolute Gasteiger partial charge is 0.484 e. The van der Waals surface area contributed by atoms with Crippen LogP contribution in [0.25, 0.3) is 0 Å². The zero-order valence-corrected chi connectivity index (χ0v) is 17.1. The van der Waals surface area contributed by atoms with Gasteiger partial charge < -0.3 is 9.64 Å². The number of nitrogens with zero attached hydrogens (tertiary/aromatic N) is 3. The van der Waals surface area contributed by atoms with Crippen molar-refractivity contribution in [3.05, 3.63) is 63.4 Å². The number of ether oxygens (including phenoxy) is 1. The van der Waals surface area contributed by atoms with Crippen LogP contribution in [0.4, 0.5) is 10.1 Å². The highest BCUT2D eigenvalue weighted by Gasteiger charge is 2.31. The molecule has 3 rings (SSSR count). The maximum atomic E-state index is 13.2. The minimum atomic E-state index is -3.92. The van der Waals surface area contributed by atoms with Crippen molar-refractivity contribution in [1.29, 1.82) is 0 Å². The summed E-state index contributed by atoms with van der Waals surface area (Å²) in [5, 5.41) is 10.8. The molecule has 12 heteroatoms. The molecule has 2 aromatic carbocycles. The molecule has 1 heterocycles. The Morgan fingerprint density at radius 3 is 2.50 bits per heavy atom. The molecule has 0 aromatic heterocycles. The highest BCUT2D eigenvalue weighted by Crippen LogP contribution is 2.23. The van der Waals surface area contributed by atoms with Crippen molar-refractivity contribution < 1.29 is 27.3 Å². The van der Waals surface area contributed by atoms with Crippen molar-refractivity contribution >= 4 is 33.2 Å². The maximum Gasteiger partial charge on any atom is 0.270 e. The quantitative estimate of drug-likeness (QED) is 0.486. The second-order valence-electron chi connectivity index (χ2n) is 6.40. The summed E-state index contributed by atoms with van der Waals surface area (Å²) in [6.07, 6.45) is 0. The Hall–Kier alpha value is -2.76. The summed E-state index contributed by atoms with van der Waals surface area (Å²) in [6.45, 7) is 0.0545. The van der Waals surface area contributed by atoms with Crippen molar-refractivity contribution in [2.75, 3.05) is 32.8 Å². The van der Waals surface area contributed by atoms with E-state index in [0.29, 0.717) is 0 Å². The van der Waals surface area contributed by atoms with Crippen molar-refractivity contribution in [3.8, 4) is 5.75 Å². The molecule has 0 N–H and O–H groups in total. The topological polar surface area (TPSA) is 110 Å². The highest BCUT2D eigenvalue weighted by molar-refractivity contribution is 7.89. The Morgan fingerprint density at radius 2 is 1.87 bits per heavy atom. The van der Waals surface area contributed by atoms with Gasteiger partial charge >= 0.3 is 0 Å². The number of carbonyl (C=O) groups excluding carboxylic acids is 1. The second-order valence-corrected chi connectivity index (χ2v) is 8.75. The van der Waals surface area contributed by atoms with Crippen molar-refractivity contribution in [1.82, 2.24) is 9.21 Å².